The van der Waals surface area contributed by atoms with Crippen molar-refractivity contribution in [2.45, 2.75) is 23.1 Å². The number of benzene rings is 2. The zero-order valence-corrected chi connectivity index (χ0v) is 16.7. The molecule has 0 spiro atoms. The van der Waals surface area contributed by atoms with E-state index >= 15 is 0 Å². The number of rotatable bonds is 5. The highest BCUT2D eigenvalue weighted by molar-refractivity contribution is 8.01. The predicted octanol–water partition coefficient (Wildman–Crippen LogP) is 4.07. The minimum atomic E-state index is -1.08. The van der Waals surface area contributed by atoms with Crippen LogP contribution in [0.15, 0.2) is 35.2 Å². The highest BCUT2D eigenvalue weighted by atomic mass is 32.2. The number of methoxy groups -OCH3 is 1. The summed E-state index contributed by atoms with van der Waals surface area (Å²) in [4.78, 5) is 30.6. The van der Waals surface area contributed by atoms with Crippen molar-refractivity contribution in [1.82, 2.24) is 4.98 Å². The molecule has 1 N–H and O–H groups in total. The van der Waals surface area contributed by atoms with E-state index in [2.05, 4.69) is 4.98 Å². The van der Waals surface area contributed by atoms with Crippen LogP contribution in [-0.2, 0) is 16.1 Å². The van der Waals surface area contributed by atoms with Gasteiger partial charge in [-0.1, -0.05) is 0 Å². The summed E-state index contributed by atoms with van der Waals surface area (Å²) in [6, 6.07) is 7.10. The largest absolute Gasteiger partial charge is 0.497 e. The molecule has 0 saturated carbocycles. The van der Waals surface area contributed by atoms with E-state index in [1.165, 1.54) is 23.8 Å². The Morgan fingerprint density at radius 3 is 2.83 bits per heavy atom. The number of carboxylic acid groups (broad SMARTS) is 1. The fourth-order valence-electron chi connectivity index (χ4n) is 3.09. The molecule has 1 aromatic heterocycles. The molecule has 0 radical (unpaired) electrons. The standard InChI is InChI=1S/C19H14F2N2O4S2/c1-27-10-2-3-14-13(6-10)23(19(26)15(28-14)7-17(24)25)8-16-22-12-5-9(20)4-11(21)18(12)29-16/h2-6,15H,7-8H2,1H3,(H,24,25). The number of ether oxygens (including phenoxy) is 1. The molecule has 1 amide bonds. The third-order valence-electron chi connectivity index (χ3n) is 4.37. The maximum absolute atomic E-state index is 14.0. The number of anilines is 1. The monoisotopic (exact) mass is 436 g/mol. The molecule has 0 fully saturated rings. The third-order valence-corrected chi connectivity index (χ3v) is 6.69. The maximum Gasteiger partial charge on any atom is 0.305 e. The number of aromatic nitrogens is 1. The zero-order chi connectivity index (χ0) is 20.7. The smallest absolute Gasteiger partial charge is 0.305 e. The van der Waals surface area contributed by atoms with Crippen molar-refractivity contribution in [2.24, 2.45) is 0 Å². The number of amides is 1. The number of halogens is 2. The number of thioether (sulfide) groups is 1. The molecule has 1 aliphatic rings. The van der Waals surface area contributed by atoms with E-state index in [0.29, 0.717) is 16.4 Å². The van der Waals surface area contributed by atoms with E-state index in [0.717, 1.165) is 28.4 Å². The second-order valence-corrected chi connectivity index (χ2v) is 8.63. The first-order valence-electron chi connectivity index (χ1n) is 8.48. The van der Waals surface area contributed by atoms with Gasteiger partial charge in [0.1, 0.15) is 22.4 Å². The van der Waals surface area contributed by atoms with Gasteiger partial charge in [-0.05, 0) is 12.1 Å². The summed E-state index contributed by atoms with van der Waals surface area (Å²) in [6.07, 6.45) is -0.328. The Bertz CT molecular complexity index is 1130. The number of fused-ring (bicyclic) bond motifs is 2. The van der Waals surface area contributed by atoms with Gasteiger partial charge in [-0.15, -0.1) is 23.1 Å². The van der Waals surface area contributed by atoms with E-state index in [4.69, 9.17) is 9.84 Å². The van der Waals surface area contributed by atoms with Crippen LogP contribution in [0.2, 0.25) is 0 Å². The molecule has 3 aromatic rings. The van der Waals surface area contributed by atoms with Crippen LogP contribution < -0.4 is 9.64 Å². The molecule has 0 bridgehead atoms. The summed E-state index contributed by atoms with van der Waals surface area (Å²) < 4.78 is 32.9. The zero-order valence-electron chi connectivity index (χ0n) is 15.0. The summed E-state index contributed by atoms with van der Waals surface area (Å²) in [6.45, 7) is 0.0100. The first kappa shape index (κ1) is 19.6. The van der Waals surface area contributed by atoms with E-state index in [-0.39, 0.29) is 29.1 Å². The summed E-state index contributed by atoms with van der Waals surface area (Å²) in [7, 11) is 1.50. The van der Waals surface area contributed by atoms with Crippen molar-refractivity contribution in [3.8, 4) is 5.75 Å². The fraction of sp³-hybridized carbons (Fsp3) is 0.211. The van der Waals surface area contributed by atoms with Crippen LogP contribution in [0.3, 0.4) is 0 Å². The van der Waals surface area contributed by atoms with E-state index < -0.39 is 22.9 Å². The SMILES string of the molecule is COc1ccc2c(c1)N(Cc1nc3cc(F)cc(F)c3s1)C(=O)C(CC(=O)O)S2. The Morgan fingerprint density at radius 2 is 2.10 bits per heavy atom. The molecule has 0 saturated heterocycles. The van der Waals surface area contributed by atoms with Crippen molar-refractivity contribution in [3.63, 3.8) is 0 Å². The molecule has 2 heterocycles. The molecule has 10 heteroatoms. The van der Waals surface area contributed by atoms with Crippen LogP contribution in [0.1, 0.15) is 11.4 Å². The average Bonchev–Trinajstić information content (AvgIpc) is 3.07. The highest BCUT2D eigenvalue weighted by Crippen LogP contribution is 2.43. The fourth-order valence-corrected chi connectivity index (χ4v) is 5.23. The predicted molar refractivity (Wildman–Crippen MR) is 106 cm³/mol. The summed E-state index contributed by atoms with van der Waals surface area (Å²) in [5, 5.41) is 8.77. The van der Waals surface area contributed by atoms with Gasteiger partial charge in [0.25, 0.3) is 0 Å². The molecule has 150 valence electrons. The van der Waals surface area contributed by atoms with Gasteiger partial charge in [0.15, 0.2) is 0 Å². The molecule has 6 nitrogen and oxygen atoms in total. The summed E-state index contributed by atoms with van der Waals surface area (Å²) in [5.74, 6) is -2.37. The van der Waals surface area contributed by atoms with E-state index in [9.17, 15) is 18.4 Å². The van der Waals surface area contributed by atoms with E-state index in [1.807, 2.05) is 0 Å². The molecule has 0 aliphatic carbocycles. The van der Waals surface area contributed by atoms with Gasteiger partial charge in [-0.2, -0.15) is 0 Å². The highest BCUT2D eigenvalue weighted by Gasteiger charge is 2.35. The van der Waals surface area contributed by atoms with Gasteiger partial charge in [0.05, 0.1) is 41.2 Å². The quantitative estimate of drug-likeness (QED) is 0.650. The average molecular weight is 436 g/mol. The van der Waals surface area contributed by atoms with Gasteiger partial charge < -0.3 is 14.7 Å². The van der Waals surface area contributed by atoms with Crippen molar-refractivity contribution in [2.75, 3.05) is 12.0 Å². The number of hydrogen-bond acceptors (Lipinski definition) is 6. The van der Waals surface area contributed by atoms with E-state index in [1.54, 1.807) is 18.2 Å². The molecule has 29 heavy (non-hydrogen) atoms. The lowest BCUT2D eigenvalue weighted by Crippen LogP contribution is -2.41. The lowest BCUT2D eigenvalue weighted by Gasteiger charge is -2.33. The Hall–Kier alpha value is -2.72. The Labute approximate surface area is 172 Å². The lowest BCUT2D eigenvalue weighted by molar-refractivity contribution is -0.138. The number of nitrogens with zero attached hydrogens (tertiary/aromatic N) is 2. The molecular formula is C19H14F2N2O4S2. The number of carboxylic acids is 1. The first-order chi connectivity index (χ1) is 13.9. The Kier molecular flexibility index (Phi) is 5.13. The molecule has 1 aliphatic heterocycles. The minimum absolute atomic E-state index is 0.0100. The molecule has 1 unspecified atom stereocenters. The molecular weight excluding hydrogens is 422 g/mol. The third kappa shape index (κ3) is 3.77. The molecule has 1 atom stereocenters. The van der Waals surface area contributed by atoms with Crippen molar-refractivity contribution in [3.05, 3.63) is 47.0 Å². The van der Waals surface area contributed by atoms with Crippen molar-refractivity contribution >= 4 is 50.9 Å². The van der Waals surface area contributed by atoms with Crippen molar-refractivity contribution < 1.29 is 28.2 Å². The van der Waals surface area contributed by atoms with Gasteiger partial charge in [-0.3, -0.25) is 9.59 Å². The molecule has 4 rings (SSSR count). The topological polar surface area (TPSA) is 79.7 Å². The van der Waals surface area contributed by atoms with Gasteiger partial charge in [0, 0.05) is 23.1 Å². The summed E-state index contributed by atoms with van der Waals surface area (Å²) in [5.41, 5.74) is 0.737. The number of thiazole rings is 1. The second-order valence-electron chi connectivity index (χ2n) is 6.31. The van der Waals surface area contributed by atoms with Crippen LogP contribution in [0.25, 0.3) is 10.2 Å². The summed E-state index contributed by atoms with van der Waals surface area (Å²) >= 11 is 2.21. The van der Waals surface area contributed by atoms with Crippen LogP contribution in [0, 0.1) is 11.6 Å². The minimum Gasteiger partial charge on any atom is -0.497 e. The van der Waals surface area contributed by atoms with Gasteiger partial charge in [-0.25, -0.2) is 13.8 Å². The van der Waals surface area contributed by atoms with Crippen molar-refractivity contribution in [1.29, 1.82) is 0 Å². The number of carbonyl (C=O) groups is 2. The molecule has 2 aromatic carbocycles. The van der Waals surface area contributed by atoms with Gasteiger partial charge in [0.2, 0.25) is 5.91 Å². The Balaban J connectivity index is 1.75. The lowest BCUT2D eigenvalue weighted by atomic mass is 10.2. The number of aliphatic carboxylic acids is 1. The van der Waals surface area contributed by atoms with Crippen LogP contribution in [-0.4, -0.2) is 34.3 Å². The second kappa shape index (κ2) is 7.60. The number of carbonyl (C=O) groups excluding carboxylic acids is 1. The van der Waals surface area contributed by atoms with Crippen LogP contribution >= 0.6 is 23.1 Å². The van der Waals surface area contributed by atoms with Gasteiger partial charge >= 0.3 is 5.97 Å². The maximum atomic E-state index is 14.0. The Morgan fingerprint density at radius 1 is 1.31 bits per heavy atom. The first-order valence-corrected chi connectivity index (χ1v) is 10.2. The van der Waals surface area contributed by atoms with Crippen LogP contribution in [0.5, 0.6) is 5.75 Å². The number of hydrogen-bond donors (Lipinski definition) is 1. The normalized spacial score (nSPS) is 16.2. The van der Waals surface area contributed by atoms with Crippen LogP contribution in [0.4, 0.5) is 14.5 Å².